The lowest BCUT2D eigenvalue weighted by Crippen LogP contribution is -2.26. The van der Waals surface area contributed by atoms with Gasteiger partial charge in [-0.05, 0) is 74.1 Å². The first kappa shape index (κ1) is 27.2. The molecule has 0 amide bonds. The van der Waals surface area contributed by atoms with E-state index in [1.54, 1.807) is 11.3 Å². The lowest BCUT2D eigenvalue weighted by Gasteiger charge is -2.12. The predicted octanol–water partition coefficient (Wildman–Crippen LogP) is 11.0. The number of hydrogen-bond donors (Lipinski definition) is 2. The van der Waals surface area contributed by atoms with Crippen molar-refractivity contribution in [3.05, 3.63) is 145 Å². The van der Waals surface area contributed by atoms with Gasteiger partial charge < -0.3 is 5.32 Å². The Balaban J connectivity index is 1.28. The summed E-state index contributed by atoms with van der Waals surface area (Å²) in [5.41, 5.74) is 4.18. The molecule has 45 heavy (non-hydrogen) atoms. The SMILES string of the molecule is CCCN/C(=N\C(=N)c1cccc2sc3ccc(-c4ccc5c6ccccc6c6ccccc6c5c4)cc3c12)c1ccccc1. The zero-order valence-electron chi connectivity index (χ0n) is 25.0. The molecular formula is C41H31N3S. The highest BCUT2D eigenvalue weighted by Gasteiger charge is 2.16. The highest BCUT2D eigenvalue weighted by molar-refractivity contribution is 7.25. The lowest BCUT2D eigenvalue weighted by atomic mass is 9.92. The Morgan fingerprint density at radius 3 is 1.89 bits per heavy atom. The van der Waals surface area contributed by atoms with Crippen LogP contribution in [0.4, 0.5) is 0 Å². The number of hydrogen-bond acceptors (Lipinski definition) is 2. The normalized spacial score (nSPS) is 12.1. The van der Waals surface area contributed by atoms with Gasteiger partial charge in [-0.3, -0.25) is 5.41 Å². The summed E-state index contributed by atoms with van der Waals surface area (Å²) in [6.45, 7) is 2.93. The number of nitrogens with one attached hydrogen (secondary N) is 2. The van der Waals surface area contributed by atoms with Gasteiger partial charge in [-0.15, -0.1) is 11.3 Å². The Kier molecular flexibility index (Phi) is 6.85. The van der Waals surface area contributed by atoms with E-state index in [1.807, 2.05) is 42.5 Å². The number of thiophene rings is 1. The number of benzene rings is 7. The van der Waals surface area contributed by atoms with Crippen LogP contribution in [0.1, 0.15) is 24.5 Å². The first-order chi connectivity index (χ1) is 22.2. The number of rotatable bonds is 5. The molecule has 7 aromatic carbocycles. The summed E-state index contributed by atoms with van der Waals surface area (Å²) in [5.74, 6) is 0.993. The zero-order valence-corrected chi connectivity index (χ0v) is 25.8. The fourth-order valence-electron chi connectivity index (χ4n) is 6.51. The molecule has 0 bridgehead atoms. The summed E-state index contributed by atoms with van der Waals surface area (Å²) < 4.78 is 2.38. The van der Waals surface area contributed by atoms with Crippen molar-refractivity contribution in [1.82, 2.24) is 5.32 Å². The average molecular weight is 598 g/mol. The van der Waals surface area contributed by atoms with Crippen LogP contribution in [0.3, 0.4) is 0 Å². The van der Waals surface area contributed by atoms with E-state index in [0.29, 0.717) is 0 Å². The first-order valence-electron chi connectivity index (χ1n) is 15.5. The van der Waals surface area contributed by atoms with Crippen LogP contribution in [-0.2, 0) is 0 Å². The number of aliphatic imine (C=N–C) groups is 1. The van der Waals surface area contributed by atoms with Crippen LogP contribution in [0.25, 0.3) is 63.6 Å². The Bertz CT molecular complexity index is 2400. The molecule has 0 unspecified atom stereocenters. The fraction of sp³-hybridized carbons (Fsp3) is 0.0732. The number of fused-ring (bicyclic) bond motifs is 9. The minimum atomic E-state index is 0.261. The average Bonchev–Trinajstić information content (AvgIpc) is 3.48. The van der Waals surface area contributed by atoms with E-state index in [9.17, 15) is 0 Å². The van der Waals surface area contributed by atoms with Crippen molar-refractivity contribution < 1.29 is 0 Å². The summed E-state index contributed by atoms with van der Waals surface area (Å²) >= 11 is 1.77. The molecule has 8 aromatic rings. The first-order valence-corrected chi connectivity index (χ1v) is 16.3. The topological polar surface area (TPSA) is 48.2 Å². The smallest absolute Gasteiger partial charge is 0.154 e. The standard InChI is InChI=1S/C41H31N3S/c1-2-23-43-41(26-11-4-3-5-12-26)44-40(42)34-17-10-18-38-39(34)36-25-28(20-22-37(36)45-38)27-19-21-33-31-15-7-6-13-29(31)30-14-8-9-16-32(30)35(33)24-27/h3-22,24-25H,2,23H2,1H3,(H2,42,43,44). The second-order valence-corrected chi connectivity index (χ2v) is 12.5. The van der Waals surface area contributed by atoms with E-state index < -0.39 is 0 Å². The number of nitrogens with zero attached hydrogens (tertiary/aromatic N) is 1. The fourth-order valence-corrected chi connectivity index (χ4v) is 7.62. The van der Waals surface area contributed by atoms with Crippen molar-refractivity contribution >= 4 is 75.5 Å². The molecule has 8 rings (SSSR count). The van der Waals surface area contributed by atoms with Crippen LogP contribution in [0.15, 0.2) is 138 Å². The molecule has 216 valence electrons. The maximum absolute atomic E-state index is 9.17. The molecule has 0 spiro atoms. The van der Waals surface area contributed by atoms with Crippen molar-refractivity contribution in [2.75, 3.05) is 6.54 Å². The highest BCUT2D eigenvalue weighted by Crippen LogP contribution is 2.40. The van der Waals surface area contributed by atoms with E-state index in [4.69, 9.17) is 10.4 Å². The van der Waals surface area contributed by atoms with Gasteiger partial charge in [-0.2, -0.15) is 0 Å². The van der Waals surface area contributed by atoms with Crippen LogP contribution in [0.5, 0.6) is 0 Å². The van der Waals surface area contributed by atoms with Gasteiger partial charge in [-0.1, -0.05) is 116 Å². The zero-order chi connectivity index (χ0) is 30.3. The summed E-state index contributed by atoms with van der Waals surface area (Å²) in [5, 5.41) is 22.5. The van der Waals surface area contributed by atoms with E-state index >= 15 is 0 Å². The van der Waals surface area contributed by atoms with Crippen LogP contribution in [0, 0.1) is 5.41 Å². The van der Waals surface area contributed by atoms with E-state index in [0.717, 1.165) is 40.7 Å². The van der Waals surface area contributed by atoms with Gasteiger partial charge in [0.05, 0.1) is 0 Å². The summed E-state index contributed by atoms with van der Waals surface area (Å²) in [6.07, 6.45) is 0.980. The summed E-state index contributed by atoms with van der Waals surface area (Å²) in [6, 6.07) is 47.4. The Hall–Kier alpha value is -5.32. The molecule has 0 aliphatic carbocycles. The second kappa shape index (κ2) is 11.3. The largest absolute Gasteiger partial charge is 0.370 e. The van der Waals surface area contributed by atoms with Crippen molar-refractivity contribution in [1.29, 1.82) is 5.41 Å². The monoisotopic (exact) mass is 597 g/mol. The van der Waals surface area contributed by atoms with Gasteiger partial charge in [0.1, 0.15) is 5.84 Å². The Labute approximate surface area is 266 Å². The molecule has 3 nitrogen and oxygen atoms in total. The molecule has 0 radical (unpaired) electrons. The lowest BCUT2D eigenvalue weighted by molar-refractivity contribution is 0.840. The molecule has 0 saturated heterocycles. The summed E-state index contributed by atoms with van der Waals surface area (Å²) in [7, 11) is 0. The molecule has 0 saturated carbocycles. The maximum atomic E-state index is 9.17. The minimum absolute atomic E-state index is 0.261. The third-order valence-corrected chi connectivity index (χ3v) is 9.78. The van der Waals surface area contributed by atoms with Crippen LogP contribution in [-0.4, -0.2) is 18.2 Å². The van der Waals surface area contributed by atoms with E-state index in [2.05, 4.69) is 103 Å². The van der Waals surface area contributed by atoms with Crippen LogP contribution >= 0.6 is 11.3 Å². The Morgan fingerprint density at radius 2 is 1.20 bits per heavy atom. The van der Waals surface area contributed by atoms with Crippen molar-refractivity contribution in [2.24, 2.45) is 4.99 Å². The molecule has 0 atom stereocenters. The quantitative estimate of drug-likeness (QED) is 0.116. The molecule has 1 aromatic heterocycles. The van der Waals surface area contributed by atoms with E-state index in [-0.39, 0.29) is 5.84 Å². The summed E-state index contributed by atoms with van der Waals surface area (Å²) in [4.78, 5) is 4.85. The van der Waals surface area contributed by atoms with Gasteiger partial charge in [-0.25, -0.2) is 4.99 Å². The molecule has 1 heterocycles. The van der Waals surface area contributed by atoms with Gasteiger partial charge >= 0.3 is 0 Å². The highest BCUT2D eigenvalue weighted by atomic mass is 32.1. The molecule has 0 fully saturated rings. The van der Waals surface area contributed by atoms with Crippen molar-refractivity contribution in [3.8, 4) is 11.1 Å². The number of amidine groups is 2. The maximum Gasteiger partial charge on any atom is 0.154 e. The van der Waals surface area contributed by atoms with Crippen molar-refractivity contribution in [2.45, 2.75) is 13.3 Å². The second-order valence-electron chi connectivity index (χ2n) is 11.4. The van der Waals surface area contributed by atoms with Crippen LogP contribution < -0.4 is 5.32 Å². The van der Waals surface area contributed by atoms with Gasteiger partial charge in [0.25, 0.3) is 0 Å². The molecular weight excluding hydrogens is 567 g/mol. The third kappa shape index (κ3) is 4.75. The van der Waals surface area contributed by atoms with Gasteiger partial charge in [0, 0.05) is 37.8 Å². The molecule has 0 aliphatic heterocycles. The van der Waals surface area contributed by atoms with Gasteiger partial charge in [0.15, 0.2) is 5.84 Å². The van der Waals surface area contributed by atoms with E-state index in [1.165, 1.54) is 52.8 Å². The minimum Gasteiger partial charge on any atom is -0.370 e. The third-order valence-electron chi connectivity index (χ3n) is 8.64. The van der Waals surface area contributed by atoms with Gasteiger partial charge in [0.2, 0.25) is 0 Å². The molecule has 4 heteroatoms. The van der Waals surface area contributed by atoms with Crippen molar-refractivity contribution in [3.63, 3.8) is 0 Å². The molecule has 0 aliphatic rings. The predicted molar refractivity (Wildman–Crippen MR) is 195 cm³/mol. The molecule has 2 N–H and O–H groups in total. The Morgan fingerprint density at radius 1 is 0.600 bits per heavy atom. The van der Waals surface area contributed by atoms with Crippen LogP contribution in [0.2, 0.25) is 0 Å².